The van der Waals surface area contributed by atoms with Gasteiger partial charge in [0.2, 0.25) is 0 Å². The first-order valence-corrected chi connectivity index (χ1v) is 4.02. The third-order valence-electron chi connectivity index (χ3n) is 2.02. The maximum Gasteiger partial charge on any atom is 0.390 e. The second-order valence-electron chi connectivity index (χ2n) is 3.21. The molecule has 1 fully saturated rings. The van der Waals surface area contributed by atoms with E-state index in [0.717, 1.165) is 6.42 Å². The van der Waals surface area contributed by atoms with Gasteiger partial charge in [0.15, 0.2) is 0 Å². The summed E-state index contributed by atoms with van der Waals surface area (Å²) in [6.45, 7) is 1.41. The van der Waals surface area contributed by atoms with Crippen molar-refractivity contribution in [2.24, 2.45) is 5.73 Å². The van der Waals surface area contributed by atoms with Crippen molar-refractivity contribution >= 4 is 24.8 Å². The van der Waals surface area contributed by atoms with E-state index in [1.54, 1.807) is 4.90 Å². The van der Waals surface area contributed by atoms with Crippen LogP contribution in [0.1, 0.15) is 12.8 Å². The van der Waals surface area contributed by atoms with E-state index in [4.69, 9.17) is 5.73 Å². The minimum atomic E-state index is -4.04. The molecule has 88 valence electrons. The number of nitrogens with two attached hydrogens (primary N) is 1. The molecule has 0 aromatic heterocycles. The number of likely N-dealkylation sites (tertiary alicyclic amines) is 1. The van der Waals surface area contributed by atoms with Crippen LogP contribution in [0.25, 0.3) is 0 Å². The molecule has 14 heavy (non-hydrogen) atoms. The summed E-state index contributed by atoms with van der Waals surface area (Å²) in [6.07, 6.45) is -3.94. The van der Waals surface area contributed by atoms with Crippen LogP contribution in [0.2, 0.25) is 0 Å². The Hall–Kier alpha value is 0.290. The summed E-state index contributed by atoms with van der Waals surface area (Å²) in [5.74, 6) is 0. The van der Waals surface area contributed by atoms with Crippen LogP contribution in [0.5, 0.6) is 0 Å². The van der Waals surface area contributed by atoms with Gasteiger partial charge in [0.05, 0.1) is 6.42 Å². The van der Waals surface area contributed by atoms with Crippen molar-refractivity contribution in [2.75, 3.05) is 19.6 Å². The molecule has 0 amide bonds. The van der Waals surface area contributed by atoms with Crippen LogP contribution in [0, 0.1) is 0 Å². The van der Waals surface area contributed by atoms with Gasteiger partial charge < -0.3 is 10.6 Å². The van der Waals surface area contributed by atoms with E-state index in [1.165, 1.54) is 0 Å². The molecule has 1 heterocycles. The normalized spacial score (nSPS) is 22.7. The zero-order valence-electron chi connectivity index (χ0n) is 7.59. The fourth-order valence-corrected chi connectivity index (χ4v) is 1.35. The molecule has 0 aliphatic carbocycles. The largest absolute Gasteiger partial charge is 0.390 e. The van der Waals surface area contributed by atoms with E-state index in [1.807, 2.05) is 0 Å². The number of nitrogens with zero attached hydrogens (tertiary/aromatic N) is 1. The Labute approximate surface area is 93.8 Å². The van der Waals surface area contributed by atoms with Crippen LogP contribution in [-0.4, -0.2) is 36.8 Å². The Morgan fingerprint density at radius 1 is 1.29 bits per heavy atom. The Bertz CT molecular complexity index is 154. The Kier molecular flexibility index (Phi) is 8.01. The summed E-state index contributed by atoms with van der Waals surface area (Å²) in [5.41, 5.74) is 5.54. The molecule has 1 rings (SSSR count). The SMILES string of the molecule is Cl.Cl.NC1CCN(CCC(F)(F)F)C1. The first-order chi connectivity index (χ1) is 5.47. The smallest absolute Gasteiger partial charge is 0.326 e. The lowest BCUT2D eigenvalue weighted by Gasteiger charge is -2.15. The van der Waals surface area contributed by atoms with Crippen molar-refractivity contribution in [1.82, 2.24) is 4.90 Å². The predicted molar refractivity (Wildman–Crippen MR) is 54.2 cm³/mol. The van der Waals surface area contributed by atoms with Gasteiger partial charge in [-0.1, -0.05) is 0 Å². The number of hydrogen-bond donors (Lipinski definition) is 1. The first kappa shape index (κ1) is 16.7. The third kappa shape index (κ3) is 6.70. The highest BCUT2D eigenvalue weighted by atomic mass is 35.5. The summed E-state index contributed by atoms with van der Waals surface area (Å²) in [6, 6.07) is 0.0678. The van der Waals surface area contributed by atoms with Gasteiger partial charge >= 0.3 is 6.18 Å². The average molecular weight is 255 g/mol. The lowest BCUT2D eigenvalue weighted by molar-refractivity contribution is -0.137. The molecule has 7 heteroatoms. The highest BCUT2D eigenvalue weighted by molar-refractivity contribution is 5.85. The van der Waals surface area contributed by atoms with Crippen molar-refractivity contribution in [1.29, 1.82) is 0 Å². The van der Waals surface area contributed by atoms with Crippen LogP contribution in [0.4, 0.5) is 13.2 Å². The van der Waals surface area contributed by atoms with Crippen LogP contribution >= 0.6 is 24.8 Å². The lowest BCUT2D eigenvalue weighted by atomic mass is 10.3. The number of halogens is 5. The maximum absolute atomic E-state index is 11.7. The predicted octanol–water partition coefficient (Wildman–Crippen LogP) is 1.82. The van der Waals surface area contributed by atoms with E-state index in [-0.39, 0.29) is 37.4 Å². The number of hydrogen-bond acceptors (Lipinski definition) is 2. The molecule has 0 saturated carbocycles. The molecule has 1 saturated heterocycles. The molecule has 0 radical (unpaired) electrons. The molecular formula is C7H15Cl2F3N2. The van der Waals surface area contributed by atoms with E-state index in [9.17, 15) is 13.2 Å². The van der Waals surface area contributed by atoms with Crippen molar-refractivity contribution < 1.29 is 13.2 Å². The molecule has 2 N–H and O–H groups in total. The van der Waals surface area contributed by atoms with E-state index >= 15 is 0 Å². The Balaban J connectivity index is 0. The molecule has 1 aliphatic heterocycles. The molecule has 1 atom stereocenters. The van der Waals surface area contributed by atoms with Crippen LogP contribution in [0.15, 0.2) is 0 Å². The van der Waals surface area contributed by atoms with Gasteiger partial charge in [0, 0.05) is 19.1 Å². The van der Waals surface area contributed by atoms with Crippen LogP contribution in [-0.2, 0) is 0 Å². The van der Waals surface area contributed by atoms with Gasteiger partial charge in [-0.2, -0.15) is 13.2 Å². The third-order valence-corrected chi connectivity index (χ3v) is 2.02. The summed E-state index contributed by atoms with van der Waals surface area (Å²) in [4.78, 5) is 1.76. The van der Waals surface area contributed by atoms with Gasteiger partial charge in [0.1, 0.15) is 0 Å². The molecule has 1 unspecified atom stereocenters. The number of alkyl halides is 3. The lowest BCUT2D eigenvalue weighted by Crippen LogP contribution is -2.29. The zero-order chi connectivity index (χ0) is 9.19. The quantitative estimate of drug-likeness (QED) is 0.815. The molecule has 2 nitrogen and oxygen atoms in total. The molecule has 0 aromatic rings. The van der Waals surface area contributed by atoms with Crippen molar-refractivity contribution in [3.05, 3.63) is 0 Å². The average Bonchev–Trinajstić information content (AvgIpc) is 2.30. The van der Waals surface area contributed by atoms with E-state index < -0.39 is 12.6 Å². The summed E-state index contributed by atoms with van der Waals surface area (Å²) >= 11 is 0. The van der Waals surface area contributed by atoms with Gasteiger partial charge in [-0.15, -0.1) is 24.8 Å². The van der Waals surface area contributed by atoms with Crippen molar-refractivity contribution in [2.45, 2.75) is 25.1 Å². The highest BCUT2D eigenvalue weighted by Gasteiger charge is 2.29. The minimum Gasteiger partial charge on any atom is -0.326 e. The maximum atomic E-state index is 11.7. The topological polar surface area (TPSA) is 29.3 Å². The van der Waals surface area contributed by atoms with Gasteiger partial charge in [-0.05, 0) is 13.0 Å². The van der Waals surface area contributed by atoms with E-state index in [2.05, 4.69) is 0 Å². The molecular weight excluding hydrogens is 240 g/mol. The second kappa shape index (κ2) is 6.71. The summed E-state index contributed by atoms with van der Waals surface area (Å²) in [5, 5.41) is 0. The van der Waals surface area contributed by atoms with Crippen LogP contribution < -0.4 is 5.73 Å². The fourth-order valence-electron chi connectivity index (χ4n) is 1.35. The Morgan fingerprint density at radius 2 is 1.86 bits per heavy atom. The monoisotopic (exact) mass is 254 g/mol. The molecule has 0 aromatic carbocycles. The van der Waals surface area contributed by atoms with Gasteiger partial charge in [-0.25, -0.2) is 0 Å². The highest BCUT2D eigenvalue weighted by Crippen LogP contribution is 2.20. The zero-order valence-corrected chi connectivity index (χ0v) is 9.22. The van der Waals surface area contributed by atoms with Crippen molar-refractivity contribution in [3.63, 3.8) is 0 Å². The van der Waals surface area contributed by atoms with Crippen molar-refractivity contribution in [3.8, 4) is 0 Å². The molecule has 1 aliphatic rings. The summed E-state index contributed by atoms with van der Waals surface area (Å²) in [7, 11) is 0. The second-order valence-corrected chi connectivity index (χ2v) is 3.21. The first-order valence-electron chi connectivity index (χ1n) is 4.02. The molecule has 0 spiro atoms. The standard InChI is InChI=1S/C7H13F3N2.2ClH/c8-7(9,10)2-4-12-3-1-6(11)5-12;;/h6H,1-5,11H2;2*1H. The van der Waals surface area contributed by atoms with Gasteiger partial charge in [0.25, 0.3) is 0 Å². The fraction of sp³-hybridized carbons (Fsp3) is 1.00. The van der Waals surface area contributed by atoms with E-state index in [0.29, 0.717) is 13.1 Å². The van der Waals surface area contributed by atoms with Crippen LogP contribution in [0.3, 0.4) is 0 Å². The summed E-state index contributed by atoms with van der Waals surface area (Å²) < 4.78 is 35.2. The Morgan fingerprint density at radius 3 is 2.21 bits per heavy atom. The molecule has 0 bridgehead atoms. The number of rotatable bonds is 2. The van der Waals surface area contributed by atoms with Gasteiger partial charge in [-0.3, -0.25) is 0 Å². The minimum absolute atomic E-state index is 0.